The number of nitrogens with one attached hydrogen (secondary N) is 2. The number of methoxy groups -OCH3 is 1. The molecule has 0 bridgehead atoms. The van der Waals surface area contributed by atoms with E-state index in [4.69, 9.17) is 9.47 Å². The summed E-state index contributed by atoms with van der Waals surface area (Å²) in [4.78, 5) is 11.7. The Balaban J connectivity index is 2.08. The third-order valence-corrected chi connectivity index (χ3v) is 2.75. The molecule has 1 aromatic rings. The lowest BCUT2D eigenvalue weighted by Crippen LogP contribution is -2.29. The Morgan fingerprint density at radius 1 is 1.24 bits per heavy atom. The number of carbonyl (C=O) groups is 1. The van der Waals surface area contributed by atoms with E-state index in [0.29, 0.717) is 12.5 Å². The van der Waals surface area contributed by atoms with Gasteiger partial charge in [-0.25, -0.2) is 0 Å². The summed E-state index contributed by atoms with van der Waals surface area (Å²) in [6.07, 6.45) is 0.905. The molecule has 0 unspecified atom stereocenters. The topological polar surface area (TPSA) is 59.6 Å². The molecule has 0 aliphatic carbocycles. The van der Waals surface area contributed by atoms with Gasteiger partial charge in [-0.15, -0.1) is 0 Å². The molecule has 5 heteroatoms. The smallest absolute Gasteiger partial charge is 0.238 e. The average Bonchev–Trinajstić information content (AvgIpc) is 2.46. The summed E-state index contributed by atoms with van der Waals surface area (Å²) in [6.45, 7) is 6.84. The van der Waals surface area contributed by atoms with E-state index >= 15 is 0 Å². The quantitative estimate of drug-likeness (QED) is 0.650. The molecule has 0 radical (unpaired) electrons. The van der Waals surface area contributed by atoms with Gasteiger partial charge in [0.05, 0.1) is 13.7 Å². The molecule has 0 spiro atoms. The zero-order chi connectivity index (χ0) is 15.5. The summed E-state index contributed by atoms with van der Waals surface area (Å²) in [5.41, 5.74) is 0.767. The fourth-order valence-electron chi connectivity index (χ4n) is 1.70. The molecule has 2 N–H and O–H groups in total. The third-order valence-electron chi connectivity index (χ3n) is 2.75. The van der Waals surface area contributed by atoms with E-state index in [-0.39, 0.29) is 5.91 Å². The zero-order valence-corrected chi connectivity index (χ0v) is 13.1. The van der Waals surface area contributed by atoms with E-state index in [1.807, 2.05) is 24.3 Å². The maximum atomic E-state index is 11.7. The maximum Gasteiger partial charge on any atom is 0.238 e. The molecule has 0 heterocycles. The fourth-order valence-corrected chi connectivity index (χ4v) is 1.70. The molecular formula is C16H26N2O3. The molecule has 1 amide bonds. The zero-order valence-electron chi connectivity index (χ0n) is 13.1. The number of benzene rings is 1. The van der Waals surface area contributed by atoms with Gasteiger partial charge in [0.25, 0.3) is 0 Å². The summed E-state index contributed by atoms with van der Waals surface area (Å²) in [6, 6.07) is 7.26. The Morgan fingerprint density at radius 2 is 1.95 bits per heavy atom. The number of carbonyl (C=O) groups excluding carboxylic acids is 1. The largest absolute Gasteiger partial charge is 0.497 e. The predicted octanol–water partition coefficient (Wildman–Crippen LogP) is 2.29. The van der Waals surface area contributed by atoms with Crippen LogP contribution in [0.4, 0.5) is 5.69 Å². The van der Waals surface area contributed by atoms with Crippen molar-refractivity contribution in [3.8, 4) is 5.75 Å². The van der Waals surface area contributed by atoms with Gasteiger partial charge in [0.15, 0.2) is 0 Å². The van der Waals surface area contributed by atoms with E-state index in [9.17, 15) is 4.79 Å². The van der Waals surface area contributed by atoms with Crippen molar-refractivity contribution >= 4 is 11.6 Å². The van der Waals surface area contributed by atoms with Crippen molar-refractivity contribution in [3.05, 3.63) is 24.3 Å². The minimum Gasteiger partial charge on any atom is -0.497 e. The molecule has 0 aliphatic rings. The molecule has 5 nitrogen and oxygen atoms in total. The van der Waals surface area contributed by atoms with E-state index < -0.39 is 0 Å². The first kappa shape index (κ1) is 17.5. The minimum atomic E-state index is -0.0525. The lowest BCUT2D eigenvalue weighted by atomic mass is 10.2. The van der Waals surface area contributed by atoms with Crippen LogP contribution in [0.15, 0.2) is 24.3 Å². The maximum absolute atomic E-state index is 11.7. The first-order valence-corrected chi connectivity index (χ1v) is 7.34. The first-order chi connectivity index (χ1) is 10.1. The first-order valence-electron chi connectivity index (χ1n) is 7.34. The number of anilines is 1. The predicted molar refractivity (Wildman–Crippen MR) is 84.8 cm³/mol. The number of hydrogen-bond acceptors (Lipinski definition) is 4. The lowest BCUT2D eigenvalue weighted by molar-refractivity contribution is -0.115. The third kappa shape index (κ3) is 8.32. The van der Waals surface area contributed by atoms with Gasteiger partial charge in [-0.05, 0) is 43.1 Å². The Labute approximate surface area is 127 Å². The van der Waals surface area contributed by atoms with Crippen molar-refractivity contribution in [1.82, 2.24) is 5.32 Å². The summed E-state index contributed by atoms with van der Waals surface area (Å²) in [7, 11) is 1.61. The molecule has 1 aromatic carbocycles. The van der Waals surface area contributed by atoms with E-state index in [1.54, 1.807) is 7.11 Å². The molecule has 0 saturated carbocycles. The van der Waals surface area contributed by atoms with Crippen LogP contribution in [0.2, 0.25) is 0 Å². The SMILES string of the molecule is COc1ccc(NC(=O)CNCCCOCC(C)C)cc1. The summed E-state index contributed by atoms with van der Waals surface area (Å²) < 4.78 is 10.5. The van der Waals surface area contributed by atoms with Crippen LogP contribution >= 0.6 is 0 Å². The van der Waals surface area contributed by atoms with Crippen LogP contribution in [-0.2, 0) is 9.53 Å². The summed E-state index contributed by atoms with van der Waals surface area (Å²) in [5.74, 6) is 1.28. The highest BCUT2D eigenvalue weighted by atomic mass is 16.5. The second kappa shape index (κ2) is 10.2. The van der Waals surface area contributed by atoms with E-state index in [0.717, 1.165) is 37.6 Å². The Morgan fingerprint density at radius 3 is 2.57 bits per heavy atom. The number of hydrogen-bond donors (Lipinski definition) is 2. The lowest BCUT2D eigenvalue weighted by Gasteiger charge is -2.08. The fraction of sp³-hybridized carbons (Fsp3) is 0.562. The van der Waals surface area contributed by atoms with Crippen LogP contribution in [0.3, 0.4) is 0 Å². The highest BCUT2D eigenvalue weighted by molar-refractivity contribution is 5.92. The van der Waals surface area contributed by atoms with Crippen LogP contribution in [0, 0.1) is 5.92 Å². The highest BCUT2D eigenvalue weighted by Crippen LogP contribution is 2.14. The van der Waals surface area contributed by atoms with Crippen molar-refractivity contribution in [1.29, 1.82) is 0 Å². The van der Waals surface area contributed by atoms with Gasteiger partial charge in [-0.3, -0.25) is 4.79 Å². The van der Waals surface area contributed by atoms with Crippen molar-refractivity contribution in [2.24, 2.45) is 5.92 Å². The Kier molecular flexibility index (Phi) is 8.47. The second-order valence-electron chi connectivity index (χ2n) is 5.28. The van der Waals surface area contributed by atoms with Crippen LogP contribution in [0.1, 0.15) is 20.3 Å². The van der Waals surface area contributed by atoms with Gasteiger partial charge in [0.2, 0.25) is 5.91 Å². The molecule has 0 atom stereocenters. The van der Waals surface area contributed by atoms with Gasteiger partial charge in [-0.2, -0.15) is 0 Å². The van der Waals surface area contributed by atoms with Crippen LogP contribution < -0.4 is 15.4 Å². The molecule has 0 saturated heterocycles. The van der Waals surface area contributed by atoms with Gasteiger partial charge < -0.3 is 20.1 Å². The van der Waals surface area contributed by atoms with Crippen molar-refractivity contribution in [2.75, 3.05) is 38.7 Å². The molecule has 1 rings (SSSR count). The molecule has 0 aliphatic heterocycles. The van der Waals surface area contributed by atoms with Gasteiger partial charge >= 0.3 is 0 Å². The van der Waals surface area contributed by atoms with Crippen molar-refractivity contribution < 1.29 is 14.3 Å². The molecule has 118 valence electrons. The van der Waals surface area contributed by atoms with Crippen molar-refractivity contribution in [3.63, 3.8) is 0 Å². The monoisotopic (exact) mass is 294 g/mol. The molecule has 21 heavy (non-hydrogen) atoms. The van der Waals surface area contributed by atoms with E-state index in [2.05, 4.69) is 24.5 Å². The number of amides is 1. The molecular weight excluding hydrogens is 268 g/mol. The van der Waals surface area contributed by atoms with E-state index in [1.165, 1.54) is 0 Å². The van der Waals surface area contributed by atoms with Crippen LogP contribution in [0.5, 0.6) is 5.75 Å². The normalized spacial score (nSPS) is 10.7. The molecule has 0 fully saturated rings. The number of ether oxygens (including phenoxy) is 2. The highest BCUT2D eigenvalue weighted by Gasteiger charge is 2.02. The van der Waals surface area contributed by atoms with Gasteiger partial charge in [-0.1, -0.05) is 13.8 Å². The van der Waals surface area contributed by atoms with Crippen molar-refractivity contribution in [2.45, 2.75) is 20.3 Å². The Bertz CT molecular complexity index is 404. The summed E-state index contributed by atoms with van der Waals surface area (Å²) in [5, 5.41) is 5.92. The summed E-state index contributed by atoms with van der Waals surface area (Å²) >= 11 is 0. The molecule has 0 aromatic heterocycles. The minimum absolute atomic E-state index is 0.0525. The Hall–Kier alpha value is -1.59. The van der Waals surface area contributed by atoms with Gasteiger partial charge in [0, 0.05) is 18.9 Å². The van der Waals surface area contributed by atoms with Crippen LogP contribution in [-0.4, -0.2) is 39.3 Å². The van der Waals surface area contributed by atoms with Gasteiger partial charge in [0.1, 0.15) is 5.75 Å². The second-order valence-corrected chi connectivity index (χ2v) is 5.28. The average molecular weight is 294 g/mol. The standard InChI is InChI=1S/C16H26N2O3/c1-13(2)12-21-10-4-9-17-11-16(19)18-14-5-7-15(20-3)8-6-14/h5-8,13,17H,4,9-12H2,1-3H3,(H,18,19). The van der Waals surface area contributed by atoms with Crippen LogP contribution in [0.25, 0.3) is 0 Å². The number of rotatable bonds is 10.